The number of nitrogens with zero attached hydrogens (tertiary/aromatic N) is 1. The van der Waals surface area contributed by atoms with Gasteiger partial charge in [-0.2, -0.15) is 0 Å². The fourth-order valence-electron chi connectivity index (χ4n) is 3.48. The van der Waals surface area contributed by atoms with Gasteiger partial charge in [-0.3, -0.25) is 9.10 Å². The van der Waals surface area contributed by atoms with Crippen LogP contribution in [0.25, 0.3) is 0 Å². The predicted octanol–water partition coefficient (Wildman–Crippen LogP) is 1.31. The van der Waals surface area contributed by atoms with Crippen LogP contribution in [-0.2, 0) is 10.0 Å². The van der Waals surface area contributed by atoms with Gasteiger partial charge in [-0.25, -0.2) is 8.42 Å². The van der Waals surface area contributed by atoms with Crippen molar-refractivity contribution in [3.05, 3.63) is 60.2 Å². The lowest BCUT2D eigenvalue weighted by Gasteiger charge is -2.19. The van der Waals surface area contributed by atoms with Crippen LogP contribution in [0.4, 0.5) is 5.69 Å². The lowest BCUT2D eigenvalue weighted by Crippen LogP contribution is -3.10. The van der Waals surface area contributed by atoms with E-state index in [2.05, 4.69) is 5.32 Å². The molecule has 6 nitrogen and oxygen atoms in total. The highest BCUT2D eigenvalue weighted by atomic mass is 32.2. The van der Waals surface area contributed by atoms with Gasteiger partial charge in [0.1, 0.15) is 0 Å². The molecule has 1 heterocycles. The van der Waals surface area contributed by atoms with Crippen molar-refractivity contribution >= 4 is 21.6 Å². The minimum atomic E-state index is -3.67. The molecular weight excluding hydrogens is 374 g/mol. The number of carbonyl (C=O) groups is 1. The first kappa shape index (κ1) is 20.4. The molecule has 0 unspecified atom stereocenters. The Kier molecular flexibility index (Phi) is 6.70. The van der Waals surface area contributed by atoms with Gasteiger partial charge < -0.3 is 10.2 Å². The predicted molar refractivity (Wildman–Crippen MR) is 110 cm³/mol. The number of para-hydroxylation sites is 1. The van der Waals surface area contributed by atoms with Crippen molar-refractivity contribution in [2.75, 3.05) is 37.5 Å². The molecule has 2 N–H and O–H groups in total. The van der Waals surface area contributed by atoms with Gasteiger partial charge in [0.15, 0.2) is 0 Å². The van der Waals surface area contributed by atoms with Crippen LogP contribution in [0, 0.1) is 0 Å². The summed E-state index contributed by atoms with van der Waals surface area (Å²) in [7, 11) is -2.14. The van der Waals surface area contributed by atoms with E-state index in [1.54, 1.807) is 41.3 Å². The SMILES string of the molecule is CN(c1ccccc1)S(=O)(=O)c1ccc(C(=O)NCCC[NH+]2CCCC2)cc1. The quantitative estimate of drug-likeness (QED) is 0.654. The molecule has 1 amide bonds. The van der Waals surface area contributed by atoms with Crippen LogP contribution in [0.5, 0.6) is 0 Å². The third kappa shape index (κ3) is 4.91. The number of benzene rings is 2. The van der Waals surface area contributed by atoms with Crippen molar-refractivity contribution in [1.82, 2.24) is 5.32 Å². The van der Waals surface area contributed by atoms with E-state index in [1.165, 1.54) is 49.4 Å². The number of nitrogens with one attached hydrogen (secondary N) is 2. The van der Waals surface area contributed by atoms with Crippen molar-refractivity contribution in [2.45, 2.75) is 24.2 Å². The number of amides is 1. The number of hydrogen-bond donors (Lipinski definition) is 2. The molecule has 3 rings (SSSR count). The smallest absolute Gasteiger partial charge is 0.264 e. The van der Waals surface area contributed by atoms with Crippen LogP contribution in [-0.4, -0.2) is 47.6 Å². The normalized spacial score (nSPS) is 14.8. The fraction of sp³-hybridized carbons (Fsp3) is 0.381. The summed E-state index contributed by atoms with van der Waals surface area (Å²) in [5.74, 6) is -0.170. The van der Waals surface area contributed by atoms with Gasteiger partial charge in [0.2, 0.25) is 0 Å². The first-order valence-electron chi connectivity index (χ1n) is 9.74. The summed E-state index contributed by atoms with van der Waals surface area (Å²) in [5.41, 5.74) is 1.05. The molecule has 7 heteroatoms. The van der Waals surface area contributed by atoms with Gasteiger partial charge >= 0.3 is 0 Å². The molecule has 150 valence electrons. The van der Waals surface area contributed by atoms with Crippen molar-refractivity contribution in [2.24, 2.45) is 0 Å². The van der Waals surface area contributed by atoms with Gasteiger partial charge in [0.05, 0.1) is 30.2 Å². The summed E-state index contributed by atoms with van der Waals surface area (Å²) in [4.78, 5) is 14.1. The van der Waals surface area contributed by atoms with Crippen molar-refractivity contribution in [1.29, 1.82) is 0 Å². The number of hydrogen-bond acceptors (Lipinski definition) is 3. The van der Waals surface area contributed by atoms with Crippen molar-refractivity contribution in [3.8, 4) is 0 Å². The number of quaternary nitrogens is 1. The highest BCUT2D eigenvalue weighted by Gasteiger charge is 2.21. The number of anilines is 1. The van der Waals surface area contributed by atoms with E-state index < -0.39 is 10.0 Å². The third-order valence-electron chi connectivity index (χ3n) is 5.20. The molecule has 1 aliphatic heterocycles. The third-order valence-corrected chi connectivity index (χ3v) is 7.00. The molecule has 0 atom stereocenters. The summed E-state index contributed by atoms with van der Waals surface area (Å²) in [6.45, 7) is 4.20. The maximum absolute atomic E-state index is 12.8. The topological polar surface area (TPSA) is 70.9 Å². The Bertz CT molecular complexity index is 877. The zero-order valence-corrected chi connectivity index (χ0v) is 17.0. The zero-order valence-electron chi connectivity index (χ0n) is 16.2. The minimum absolute atomic E-state index is 0.160. The number of rotatable bonds is 8. The second-order valence-electron chi connectivity index (χ2n) is 7.15. The zero-order chi connectivity index (χ0) is 20.0. The van der Waals surface area contributed by atoms with Crippen LogP contribution < -0.4 is 14.5 Å². The molecule has 1 fully saturated rings. The Morgan fingerprint density at radius 3 is 2.32 bits per heavy atom. The standard InChI is InChI=1S/C21H27N3O3S/c1-23(19-8-3-2-4-9-19)28(26,27)20-12-10-18(11-13-20)21(25)22-14-7-17-24-15-5-6-16-24/h2-4,8-13H,5-7,14-17H2,1H3,(H,22,25)/p+1. The maximum atomic E-state index is 12.8. The average molecular weight is 403 g/mol. The Hall–Kier alpha value is -2.38. The van der Waals surface area contributed by atoms with Gasteiger partial charge in [-0.1, -0.05) is 18.2 Å². The van der Waals surface area contributed by atoms with Gasteiger partial charge in [0.25, 0.3) is 15.9 Å². The van der Waals surface area contributed by atoms with E-state index in [1.807, 2.05) is 6.07 Å². The monoisotopic (exact) mass is 402 g/mol. The van der Waals surface area contributed by atoms with E-state index >= 15 is 0 Å². The molecule has 0 radical (unpaired) electrons. The van der Waals surface area contributed by atoms with Gasteiger partial charge in [-0.15, -0.1) is 0 Å². The summed E-state index contributed by atoms with van der Waals surface area (Å²) < 4.78 is 26.8. The lowest BCUT2D eigenvalue weighted by molar-refractivity contribution is -0.887. The first-order valence-corrected chi connectivity index (χ1v) is 11.2. The molecule has 1 aliphatic rings. The molecule has 0 saturated carbocycles. The van der Waals surface area contributed by atoms with Crippen LogP contribution in [0.15, 0.2) is 59.5 Å². The molecule has 1 saturated heterocycles. The van der Waals surface area contributed by atoms with E-state index in [9.17, 15) is 13.2 Å². The lowest BCUT2D eigenvalue weighted by atomic mass is 10.2. The Morgan fingerprint density at radius 2 is 1.68 bits per heavy atom. The molecule has 28 heavy (non-hydrogen) atoms. The molecule has 0 aliphatic carbocycles. The largest absolute Gasteiger partial charge is 0.352 e. The Labute approximate surface area is 167 Å². The fourth-order valence-corrected chi connectivity index (χ4v) is 4.68. The van der Waals surface area contributed by atoms with Crippen LogP contribution >= 0.6 is 0 Å². The van der Waals surface area contributed by atoms with E-state index in [-0.39, 0.29) is 10.8 Å². The summed E-state index contributed by atoms with van der Waals surface area (Å²) in [6, 6.07) is 15.0. The molecule has 2 aromatic rings. The van der Waals surface area contributed by atoms with Gasteiger partial charge in [-0.05, 0) is 36.4 Å². The summed E-state index contributed by atoms with van der Waals surface area (Å²) in [6.07, 6.45) is 3.56. The first-order chi connectivity index (χ1) is 13.5. The summed E-state index contributed by atoms with van der Waals surface area (Å²) in [5, 5.41) is 2.92. The number of carbonyl (C=O) groups excluding carboxylic acids is 1. The summed E-state index contributed by atoms with van der Waals surface area (Å²) >= 11 is 0. The van der Waals surface area contributed by atoms with Crippen LogP contribution in [0.2, 0.25) is 0 Å². The Morgan fingerprint density at radius 1 is 1.04 bits per heavy atom. The molecule has 0 spiro atoms. The second-order valence-corrected chi connectivity index (χ2v) is 9.12. The van der Waals surface area contributed by atoms with Crippen LogP contribution in [0.3, 0.4) is 0 Å². The maximum Gasteiger partial charge on any atom is 0.264 e. The average Bonchev–Trinajstić information content (AvgIpc) is 3.25. The number of likely N-dealkylation sites (tertiary alicyclic amines) is 1. The minimum Gasteiger partial charge on any atom is -0.352 e. The van der Waals surface area contributed by atoms with Crippen LogP contribution in [0.1, 0.15) is 29.6 Å². The molecular formula is C21H28N3O3S+. The van der Waals surface area contributed by atoms with Crippen molar-refractivity contribution in [3.63, 3.8) is 0 Å². The van der Waals surface area contributed by atoms with E-state index in [0.29, 0.717) is 17.8 Å². The highest BCUT2D eigenvalue weighted by Crippen LogP contribution is 2.21. The highest BCUT2D eigenvalue weighted by molar-refractivity contribution is 7.92. The molecule has 0 aromatic heterocycles. The van der Waals surface area contributed by atoms with E-state index in [4.69, 9.17) is 0 Å². The molecule has 0 bridgehead atoms. The Balaban J connectivity index is 1.56. The van der Waals surface area contributed by atoms with Crippen molar-refractivity contribution < 1.29 is 18.1 Å². The van der Waals surface area contributed by atoms with Gasteiger partial charge in [0, 0.05) is 38.4 Å². The molecule has 2 aromatic carbocycles. The van der Waals surface area contributed by atoms with E-state index in [0.717, 1.165) is 13.0 Å². The second kappa shape index (κ2) is 9.21. The number of sulfonamides is 1.